The molecule has 5 aliphatic rings. The standard InChI is InChI=1S/C46H52N10O5/c47-41(31-8-11-36(12-9-31)61-35-6-2-1-3-7-35)40-42(48)49-28-50-43(40)51-33-5-4-20-55(27-33)46(60)54-23-18-30(19-24-54)29-16-21-53(22-17-29)34-10-13-37-32(25-34)26-56(45(37)59)38-14-15-39(57)52-44(38)58/h1-3,6-13,25,28-30,33,38,47H,4-5,14-24,26-27H2,(H,52,57,58)(H3,48,49,50,51). The van der Waals surface area contributed by atoms with E-state index in [1.165, 1.54) is 6.33 Å². The Hall–Kier alpha value is -6.51. The van der Waals surface area contributed by atoms with E-state index in [1.807, 2.05) is 76.5 Å². The highest BCUT2D eigenvalue weighted by Crippen LogP contribution is 2.37. The minimum atomic E-state index is -0.614. The number of aromatic nitrogens is 2. The number of anilines is 3. The fourth-order valence-electron chi connectivity index (χ4n) is 9.82. The van der Waals surface area contributed by atoms with Gasteiger partial charge in [-0.25, -0.2) is 14.8 Å². The van der Waals surface area contributed by atoms with Crippen LogP contribution in [0.2, 0.25) is 0 Å². The van der Waals surface area contributed by atoms with Gasteiger partial charge in [0.2, 0.25) is 11.8 Å². The predicted molar refractivity (Wildman–Crippen MR) is 231 cm³/mol. The number of carbonyl (C=O) groups excluding carboxylic acids is 4. The fraction of sp³-hybridized carbons (Fsp3) is 0.413. The fourth-order valence-corrected chi connectivity index (χ4v) is 9.82. The monoisotopic (exact) mass is 824 g/mol. The molecule has 2 atom stereocenters. The average molecular weight is 825 g/mol. The summed E-state index contributed by atoms with van der Waals surface area (Å²) in [5, 5.41) is 15.0. The van der Waals surface area contributed by atoms with Crippen molar-refractivity contribution in [2.24, 2.45) is 11.8 Å². The van der Waals surface area contributed by atoms with Gasteiger partial charge in [-0.1, -0.05) is 18.2 Å². The number of para-hydroxylation sites is 1. The highest BCUT2D eigenvalue weighted by molar-refractivity contribution is 6.16. The highest BCUT2D eigenvalue weighted by atomic mass is 16.5. The molecule has 5 aliphatic heterocycles. The molecule has 15 nitrogen and oxygen atoms in total. The quantitative estimate of drug-likeness (QED) is 0.121. The summed E-state index contributed by atoms with van der Waals surface area (Å²) in [6, 6.07) is 22.2. The molecule has 4 saturated heterocycles. The molecule has 0 radical (unpaired) electrons. The number of benzene rings is 3. The summed E-state index contributed by atoms with van der Waals surface area (Å²) in [6.07, 6.45) is 7.86. The van der Waals surface area contributed by atoms with E-state index in [-0.39, 0.29) is 41.8 Å². The number of nitrogens with one attached hydrogen (secondary N) is 3. The number of hydrogen-bond acceptors (Lipinski definition) is 11. The number of hydrogen-bond donors (Lipinski definition) is 4. The summed E-state index contributed by atoms with van der Waals surface area (Å²) < 4.78 is 5.93. The molecule has 61 heavy (non-hydrogen) atoms. The first kappa shape index (κ1) is 39.9. The number of amides is 5. The van der Waals surface area contributed by atoms with Gasteiger partial charge in [-0.3, -0.25) is 25.1 Å². The van der Waals surface area contributed by atoms with E-state index in [0.717, 1.165) is 81.7 Å². The molecule has 316 valence electrons. The molecule has 5 amide bonds. The maximum atomic E-state index is 13.9. The summed E-state index contributed by atoms with van der Waals surface area (Å²) in [5.41, 5.74) is 10.3. The van der Waals surface area contributed by atoms with Gasteiger partial charge in [0, 0.05) is 75.1 Å². The number of likely N-dealkylation sites (tertiary alicyclic amines) is 2. The maximum absolute atomic E-state index is 13.9. The number of carbonyl (C=O) groups is 4. The Morgan fingerprint density at radius 1 is 0.820 bits per heavy atom. The zero-order chi connectivity index (χ0) is 42.0. The lowest BCUT2D eigenvalue weighted by molar-refractivity contribution is -0.136. The highest BCUT2D eigenvalue weighted by Gasteiger charge is 2.40. The topological polar surface area (TPSA) is 190 Å². The van der Waals surface area contributed by atoms with Crippen molar-refractivity contribution in [1.82, 2.24) is 30.0 Å². The Bertz CT molecular complexity index is 2310. The maximum Gasteiger partial charge on any atom is 0.320 e. The molecule has 6 heterocycles. The Morgan fingerprint density at radius 2 is 1.54 bits per heavy atom. The van der Waals surface area contributed by atoms with Gasteiger partial charge in [-0.05, 0) is 117 Å². The third kappa shape index (κ3) is 8.46. The number of piperidine rings is 4. The predicted octanol–water partition coefficient (Wildman–Crippen LogP) is 5.65. The molecule has 0 aliphatic carbocycles. The normalized spacial score (nSPS) is 21.3. The van der Waals surface area contributed by atoms with Crippen molar-refractivity contribution >= 4 is 46.8 Å². The van der Waals surface area contributed by atoms with E-state index < -0.39 is 11.9 Å². The Morgan fingerprint density at radius 3 is 2.28 bits per heavy atom. The van der Waals surface area contributed by atoms with Crippen LogP contribution in [0, 0.1) is 17.2 Å². The van der Waals surface area contributed by atoms with Crippen LogP contribution in [0.15, 0.2) is 79.1 Å². The first-order valence-corrected chi connectivity index (χ1v) is 21.5. The number of fused-ring (bicyclic) bond motifs is 1. The molecular weight excluding hydrogens is 773 g/mol. The lowest BCUT2D eigenvalue weighted by atomic mass is 9.78. The van der Waals surface area contributed by atoms with Crippen molar-refractivity contribution < 1.29 is 23.9 Å². The second-order valence-electron chi connectivity index (χ2n) is 16.9. The summed E-state index contributed by atoms with van der Waals surface area (Å²) >= 11 is 0. The van der Waals surface area contributed by atoms with Gasteiger partial charge in [0.15, 0.2) is 0 Å². The number of rotatable bonds is 9. The van der Waals surface area contributed by atoms with Crippen LogP contribution in [0.1, 0.15) is 78.4 Å². The number of ether oxygens (including phenoxy) is 1. The lowest BCUT2D eigenvalue weighted by Crippen LogP contribution is -2.52. The van der Waals surface area contributed by atoms with Crippen LogP contribution >= 0.6 is 0 Å². The first-order chi connectivity index (χ1) is 29.7. The zero-order valence-electron chi connectivity index (χ0n) is 34.2. The first-order valence-electron chi connectivity index (χ1n) is 21.5. The molecular formula is C46H52N10O5. The molecule has 4 aromatic rings. The van der Waals surface area contributed by atoms with Crippen LogP contribution in [0.4, 0.5) is 22.1 Å². The molecule has 0 bridgehead atoms. The van der Waals surface area contributed by atoms with Crippen LogP contribution in [0.5, 0.6) is 11.5 Å². The third-order valence-corrected chi connectivity index (χ3v) is 13.2. The van der Waals surface area contributed by atoms with Gasteiger partial charge < -0.3 is 35.4 Å². The molecule has 9 rings (SSSR count). The van der Waals surface area contributed by atoms with Crippen molar-refractivity contribution in [3.63, 3.8) is 0 Å². The second kappa shape index (κ2) is 17.2. The molecule has 15 heteroatoms. The summed E-state index contributed by atoms with van der Waals surface area (Å²) in [6.45, 7) is 4.98. The van der Waals surface area contributed by atoms with E-state index >= 15 is 0 Å². The third-order valence-electron chi connectivity index (χ3n) is 13.2. The summed E-state index contributed by atoms with van der Waals surface area (Å²) in [4.78, 5) is 67.9. The molecule has 0 spiro atoms. The molecule has 1 aromatic heterocycles. The molecule has 5 N–H and O–H groups in total. The van der Waals surface area contributed by atoms with Crippen molar-refractivity contribution in [3.8, 4) is 11.5 Å². The van der Waals surface area contributed by atoms with Gasteiger partial charge in [0.25, 0.3) is 5.91 Å². The number of nitrogens with two attached hydrogens (primary N) is 1. The van der Waals surface area contributed by atoms with Gasteiger partial charge >= 0.3 is 6.03 Å². The van der Waals surface area contributed by atoms with Gasteiger partial charge in [-0.15, -0.1) is 0 Å². The SMILES string of the molecule is N=C(c1ccc(Oc2ccccc2)cc1)c1c(N)ncnc1NC1CCCN(C(=O)N2CCC(C3CCN(c4ccc5c(c4)CN(C4CCC(=O)NC4=O)C5=O)CC3)CC2)C1. The number of nitrogens with zero attached hydrogens (tertiary/aromatic N) is 6. The van der Waals surface area contributed by atoms with Gasteiger partial charge in [-0.2, -0.15) is 0 Å². The van der Waals surface area contributed by atoms with Crippen LogP contribution in [-0.2, 0) is 16.1 Å². The molecule has 2 unspecified atom stereocenters. The minimum Gasteiger partial charge on any atom is -0.457 e. The van der Waals surface area contributed by atoms with Gasteiger partial charge in [0.1, 0.15) is 35.5 Å². The van der Waals surface area contributed by atoms with Crippen molar-refractivity contribution in [1.29, 1.82) is 5.41 Å². The van der Waals surface area contributed by atoms with Crippen LogP contribution < -0.4 is 26.0 Å². The van der Waals surface area contributed by atoms with Crippen LogP contribution in [-0.4, -0.2) is 105 Å². The Kier molecular flexibility index (Phi) is 11.3. The van der Waals surface area contributed by atoms with Crippen molar-refractivity contribution in [2.75, 3.05) is 55.2 Å². The summed E-state index contributed by atoms with van der Waals surface area (Å²) in [5.74, 6) is 2.44. The molecule has 3 aromatic carbocycles. The Labute approximate surface area is 355 Å². The van der Waals surface area contributed by atoms with E-state index in [2.05, 4.69) is 31.6 Å². The Balaban J connectivity index is 0.752. The smallest absolute Gasteiger partial charge is 0.320 e. The van der Waals surface area contributed by atoms with Crippen LogP contribution in [0.3, 0.4) is 0 Å². The van der Waals surface area contributed by atoms with E-state index in [9.17, 15) is 19.2 Å². The number of urea groups is 1. The van der Waals surface area contributed by atoms with Gasteiger partial charge in [0.05, 0.1) is 11.3 Å². The van der Waals surface area contributed by atoms with E-state index in [4.69, 9.17) is 15.9 Å². The van der Waals surface area contributed by atoms with E-state index in [0.29, 0.717) is 66.1 Å². The van der Waals surface area contributed by atoms with Crippen molar-refractivity contribution in [3.05, 3.63) is 101 Å². The largest absolute Gasteiger partial charge is 0.457 e. The molecule has 4 fully saturated rings. The molecule has 0 saturated carbocycles. The zero-order valence-corrected chi connectivity index (χ0v) is 34.2. The van der Waals surface area contributed by atoms with Crippen molar-refractivity contribution in [2.45, 2.75) is 70.0 Å². The minimum absolute atomic E-state index is 0.0571. The number of nitrogen functional groups attached to an aromatic ring is 1. The lowest BCUT2D eigenvalue weighted by Gasteiger charge is -2.43. The average Bonchev–Trinajstić information content (AvgIpc) is 3.61. The number of imide groups is 1. The van der Waals surface area contributed by atoms with Crippen LogP contribution in [0.25, 0.3) is 0 Å². The second-order valence-corrected chi connectivity index (χ2v) is 16.9. The summed E-state index contributed by atoms with van der Waals surface area (Å²) in [7, 11) is 0. The van der Waals surface area contributed by atoms with E-state index in [1.54, 1.807) is 4.90 Å².